The van der Waals surface area contributed by atoms with Crippen LogP contribution in [0.5, 0.6) is 0 Å². The number of carboxylic acid groups (broad SMARTS) is 1. The summed E-state index contributed by atoms with van der Waals surface area (Å²) in [6.45, 7) is 3.33. The van der Waals surface area contributed by atoms with Crippen LogP contribution in [0.15, 0.2) is 6.20 Å². The minimum Gasteiger partial charge on any atom is -0.478 e. The van der Waals surface area contributed by atoms with Crippen LogP contribution in [0.1, 0.15) is 48.3 Å². The average molecular weight is 224 g/mol. The molecule has 0 aliphatic carbocycles. The zero-order valence-corrected chi connectivity index (χ0v) is 9.35. The Labute approximate surface area is 94.0 Å². The van der Waals surface area contributed by atoms with Crippen LogP contribution in [0.2, 0.25) is 0 Å². The predicted molar refractivity (Wildman–Crippen MR) is 57.4 cm³/mol. The van der Waals surface area contributed by atoms with E-state index in [2.05, 4.69) is 5.10 Å². The number of carboxylic acids is 1. The molecule has 0 bridgehead atoms. The molecule has 0 radical (unpaired) electrons. The van der Waals surface area contributed by atoms with Crippen LogP contribution in [-0.2, 0) is 11.3 Å². The number of hydrogen-bond donors (Lipinski definition) is 1. The Morgan fingerprint density at radius 3 is 3.06 bits per heavy atom. The van der Waals surface area contributed by atoms with E-state index in [1.165, 1.54) is 6.20 Å². The molecule has 1 saturated heterocycles. The van der Waals surface area contributed by atoms with Gasteiger partial charge in [-0.1, -0.05) is 0 Å². The van der Waals surface area contributed by atoms with Crippen molar-refractivity contribution in [2.75, 3.05) is 6.61 Å². The number of aromatic nitrogens is 2. The topological polar surface area (TPSA) is 64.4 Å². The largest absolute Gasteiger partial charge is 0.478 e. The summed E-state index contributed by atoms with van der Waals surface area (Å²) < 4.78 is 7.35. The quantitative estimate of drug-likeness (QED) is 0.850. The minimum absolute atomic E-state index is 0.109. The number of ether oxygens (including phenoxy) is 1. The third-order valence-corrected chi connectivity index (χ3v) is 2.89. The Bertz CT molecular complexity index is 381. The van der Waals surface area contributed by atoms with Gasteiger partial charge in [-0.15, -0.1) is 0 Å². The van der Waals surface area contributed by atoms with Gasteiger partial charge in [0.15, 0.2) is 0 Å². The fraction of sp³-hybridized carbons (Fsp3) is 0.636. The van der Waals surface area contributed by atoms with Crippen LogP contribution < -0.4 is 0 Å². The highest BCUT2D eigenvalue weighted by Crippen LogP contribution is 2.30. The van der Waals surface area contributed by atoms with Gasteiger partial charge in [0.25, 0.3) is 0 Å². The SMILES string of the molecule is CCn1ncc(C(=O)O)c1C1CCCCO1. The van der Waals surface area contributed by atoms with E-state index in [-0.39, 0.29) is 11.7 Å². The molecule has 1 N–H and O–H groups in total. The van der Waals surface area contributed by atoms with Gasteiger partial charge in [-0.3, -0.25) is 4.68 Å². The van der Waals surface area contributed by atoms with Crippen molar-refractivity contribution < 1.29 is 14.6 Å². The molecule has 88 valence electrons. The van der Waals surface area contributed by atoms with Crippen molar-refractivity contribution in [3.8, 4) is 0 Å². The highest BCUT2D eigenvalue weighted by molar-refractivity contribution is 5.88. The molecule has 1 aliphatic heterocycles. The molecule has 1 unspecified atom stereocenters. The fourth-order valence-electron chi connectivity index (χ4n) is 2.11. The van der Waals surface area contributed by atoms with E-state index in [0.717, 1.165) is 25.0 Å². The van der Waals surface area contributed by atoms with Crippen molar-refractivity contribution in [2.24, 2.45) is 0 Å². The lowest BCUT2D eigenvalue weighted by molar-refractivity contribution is 0.00854. The molecule has 0 spiro atoms. The molecular weight excluding hydrogens is 208 g/mol. The van der Waals surface area contributed by atoms with Gasteiger partial charge >= 0.3 is 5.97 Å². The van der Waals surface area contributed by atoms with Crippen molar-refractivity contribution in [2.45, 2.75) is 38.8 Å². The van der Waals surface area contributed by atoms with Crippen molar-refractivity contribution in [1.29, 1.82) is 0 Å². The van der Waals surface area contributed by atoms with Crippen molar-refractivity contribution in [1.82, 2.24) is 9.78 Å². The van der Waals surface area contributed by atoms with Gasteiger partial charge in [-0.05, 0) is 26.2 Å². The number of nitrogens with zero attached hydrogens (tertiary/aromatic N) is 2. The average Bonchev–Trinajstić information content (AvgIpc) is 2.73. The van der Waals surface area contributed by atoms with Crippen molar-refractivity contribution in [3.05, 3.63) is 17.5 Å². The summed E-state index contributed by atoms with van der Waals surface area (Å²) in [5.41, 5.74) is 0.989. The number of carbonyl (C=O) groups is 1. The third-order valence-electron chi connectivity index (χ3n) is 2.89. The number of aryl methyl sites for hydroxylation is 1. The first-order valence-corrected chi connectivity index (χ1v) is 5.64. The second kappa shape index (κ2) is 4.65. The molecule has 1 atom stereocenters. The summed E-state index contributed by atoms with van der Waals surface area (Å²) in [5.74, 6) is -0.927. The third kappa shape index (κ3) is 1.95. The normalized spacial score (nSPS) is 20.9. The van der Waals surface area contributed by atoms with E-state index in [1.807, 2.05) is 6.92 Å². The Morgan fingerprint density at radius 2 is 2.50 bits per heavy atom. The zero-order valence-electron chi connectivity index (χ0n) is 9.35. The number of rotatable bonds is 3. The van der Waals surface area contributed by atoms with Gasteiger partial charge in [0, 0.05) is 13.2 Å². The van der Waals surface area contributed by atoms with E-state index in [0.29, 0.717) is 13.2 Å². The van der Waals surface area contributed by atoms with Crippen LogP contribution in [0.25, 0.3) is 0 Å². The fourth-order valence-corrected chi connectivity index (χ4v) is 2.11. The standard InChI is InChI=1S/C11H16N2O3/c1-2-13-10(8(7-12-13)11(14)15)9-5-3-4-6-16-9/h7,9H,2-6H2,1H3,(H,14,15). The highest BCUT2D eigenvalue weighted by atomic mass is 16.5. The molecule has 5 heteroatoms. The summed E-state index contributed by atoms with van der Waals surface area (Å²) in [6.07, 6.45) is 4.32. The van der Waals surface area contributed by atoms with Gasteiger partial charge in [0.05, 0.1) is 18.0 Å². The second-order valence-corrected chi connectivity index (χ2v) is 3.92. The number of hydrogen-bond acceptors (Lipinski definition) is 3. The predicted octanol–water partition coefficient (Wildman–Crippen LogP) is 1.84. The van der Waals surface area contributed by atoms with E-state index < -0.39 is 5.97 Å². The maximum Gasteiger partial charge on any atom is 0.339 e. The molecule has 0 amide bonds. The maximum absolute atomic E-state index is 11.1. The molecule has 0 saturated carbocycles. The monoisotopic (exact) mass is 224 g/mol. The zero-order chi connectivity index (χ0) is 11.5. The molecular formula is C11H16N2O3. The Kier molecular flexibility index (Phi) is 3.24. The summed E-state index contributed by atoms with van der Waals surface area (Å²) >= 11 is 0. The van der Waals surface area contributed by atoms with Gasteiger partial charge in [-0.25, -0.2) is 4.79 Å². The van der Waals surface area contributed by atoms with Crippen molar-refractivity contribution in [3.63, 3.8) is 0 Å². The van der Waals surface area contributed by atoms with Crippen LogP contribution in [0.3, 0.4) is 0 Å². The summed E-state index contributed by atoms with van der Waals surface area (Å²) in [5, 5.41) is 13.2. The summed E-state index contributed by atoms with van der Waals surface area (Å²) in [6, 6.07) is 0. The Hall–Kier alpha value is -1.36. The molecule has 1 aromatic rings. The van der Waals surface area contributed by atoms with E-state index in [4.69, 9.17) is 9.84 Å². The number of aromatic carboxylic acids is 1. The van der Waals surface area contributed by atoms with Gasteiger partial charge in [-0.2, -0.15) is 5.10 Å². The van der Waals surface area contributed by atoms with E-state index >= 15 is 0 Å². The first-order valence-electron chi connectivity index (χ1n) is 5.64. The highest BCUT2D eigenvalue weighted by Gasteiger charge is 2.26. The van der Waals surface area contributed by atoms with E-state index in [1.54, 1.807) is 4.68 Å². The molecule has 2 heterocycles. The van der Waals surface area contributed by atoms with Crippen molar-refractivity contribution >= 4 is 5.97 Å². The van der Waals surface area contributed by atoms with Crippen LogP contribution in [-0.4, -0.2) is 27.5 Å². The van der Waals surface area contributed by atoms with Crippen LogP contribution >= 0.6 is 0 Å². The molecule has 1 aromatic heterocycles. The maximum atomic E-state index is 11.1. The first-order chi connectivity index (χ1) is 7.74. The van der Waals surface area contributed by atoms with Gasteiger partial charge in [0.2, 0.25) is 0 Å². The van der Waals surface area contributed by atoms with Gasteiger partial charge < -0.3 is 9.84 Å². The molecule has 16 heavy (non-hydrogen) atoms. The molecule has 1 fully saturated rings. The molecule has 5 nitrogen and oxygen atoms in total. The molecule has 1 aliphatic rings. The van der Waals surface area contributed by atoms with Gasteiger partial charge in [0.1, 0.15) is 5.56 Å². The minimum atomic E-state index is -0.927. The first kappa shape index (κ1) is 11.1. The lowest BCUT2D eigenvalue weighted by Gasteiger charge is -2.23. The summed E-state index contributed by atoms with van der Waals surface area (Å²) in [7, 11) is 0. The lowest BCUT2D eigenvalue weighted by atomic mass is 10.0. The van der Waals surface area contributed by atoms with E-state index in [9.17, 15) is 4.79 Å². The van der Waals surface area contributed by atoms with Crippen LogP contribution in [0.4, 0.5) is 0 Å². The Morgan fingerprint density at radius 1 is 1.69 bits per heavy atom. The summed E-state index contributed by atoms with van der Waals surface area (Å²) in [4.78, 5) is 11.1. The van der Waals surface area contributed by atoms with Crippen LogP contribution in [0, 0.1) is 0 Å². The molecule has 2 rings (SSSR count). The second-order valence-electron chi connectivity index (χ2n) is 3.92. The Balaban J connectivity index is 2.34. The lowest BCUT2D eigenvalue weighted by Crippen LogP contribution is -2.18. The molecule has 0 aromatic carbocycles. The smallest absolute Gasteiger partial charge is 0.339 e.